The summed E-state index contributed by atoms with van der Waals surface area (Å²) in [6, 6.07) is 5.36. The van der Waals surface area contributed by atoms with Crippen LogP contribution in [0.1, 0.15) is 46.1 Å². The first kappa shape index (κ1) is 27.7. The van der Waals surface area contributed by atoms with Gasteiger partial charge in [-0.15, -0.1) is 0 Å². The molecule has 1 fully saturated rings. The number of ether oxygens (including phenoxy) is 1. The van der Waals surface area contributed by atoms with Gasteiger partial charge in [0.05, 0.1) is 12.3 Å². The molecule has 10 heteroatoms. The van der Waals surface area contributed by atoms with E-state index in [2.05, 4.69) is 53.9 Å². The molecule has 0 amide bonds. The molecule has 0 saturated carbocycles. The smallest absolute Gasteiger partial charge is 0.302 e. The van der Waals surface area contributed by atoms with Gasteiger partial charge in [0.1, 0.15) is 12.4 Å². The van der Waals surface area contributed by atoms with E-state index in [0.29, 0.717) is 35.7 Å². The minimum atomic E-state index is -1.99. The number of nitrogens with zero attached hydrogens (tertiary/aromatic N) is 4. The van der Waals surface area contributed by atoms with E-state index in [1.165, 1.54) is 6.92 Å². The van der Waals surface area contributed by atoms with E-state index in [9.17, 15) is 4.79 Å². The molecule has 3 rings (SSSR count). The lowest BCUT2D eigenvalue weighted by atomic mass is 10.1. The van der Waals surface area contributed by atoms with Crippen molar-refractivity contribution in [3.05, 3.63) is 42.0 Å². The summed E-state index contributed by atoms with van der Waals surface area (Å²) >= 11 is 0. The highest BCUT2D eigenvalue weighted by Crippen LogP contribution is 2.37. The summed E-state index contributed by atoms with van der Waals surface area (Å²) in [5, 5.41) is 4.19. The summed E-state index contributed by atoms with van der Waals surface area (Å²) in [6.45, 7) is 14.3. The van der Waals surface area contributed by atoms with Crippen molar-refractivity contribution in [3.8, 4) is 11.1 Å². The lowest BCUT2D eigenvalue weighted by Crippen LogP contribution is -2.40. The number of hydrogen-bond acceptors (Lipinski definition) is 8. The van der Waals surface area contributed by atoms with Crippen LogP contribution in [-0.4, -0.2) is 56.3 Å². The molecular weight excluding hydrogens is 479 g/mol. The van der Waals surface area contributed by atoms with E-state index in [4.69, 9.17) is 14.0 Å². The Balaban J connectivity index is 1.58. The molecule has 1 aromatic heterocycles. The van der Waals surface area contributed by atoms with Gasteiger partial charge in [-0.3, -0.25) is 4.79 Å². The first-order chi connectivity index (χ1) is 17.0. The van der Waals surface area contributed by atoms with Crippen LogP contribution in [0.5, 0.6) is 0 Å². The molecule has 1 aliphatic heterocycles. The number of esters is 1. The van der Waals surface area contributed by atoms with Crippen LogP contribution in [0.25, 0.3) is 11.1 Å². The van der Waals surface area contributed by atoms with Crippen LogP contribution < -0.4 is 4.90 Å². The normalized spacial score (nSPS) is 14.5. The van der Waals surface area contributed by atoms with Crippen molar-refractivity contribution in [1.29, 1.82) is 0 Å². The zero-order valence-electron chi connectivity index (χ0n) is 22.1. The van der Waals surface area contributed by atoms with E-state index < -0.39 is 8.32 Å². The lowest BCUT2D eigenvalue weighted by molar-refractivity contribution is -0.142. The number of anilines is 1. The Labute approximate surface area is 214 Å². The number of rotatable bonds is 9. The van der Waals surface area contributed by atoms with Crippen LogP contribution in [0, 0.1) is 5.82 Å². The first-order valence-electron chi connectivity index (χ1n) is 12.3. The molecule has 0 atom stereocenters. The van der Waals surface area contributed by atoms with Crippen molar-refractivity contribution in [2.24, 2.45) is 5.16 Å². The molecule has 1 aliphatic rings. The average Bonchev–Trinajstić information content (AvgIpc) is 2.83. The lowest BCUT2D eigenvalue weighted by Gasteiger charge is -2.36. The largest absolute Gasteiger partial charge is 0.462 e. The Kier molecular flexibility index (Phi) is 9.18. The number of oxime groups is 1. The number of benzene rings is 1. The maximum Gasteiger partial charge on any atom is 0.302 e. The van der Waals surface area contributed by atoms with E-state index in [1.54, 1.807) is 24.5 Å². The number of carbonyl (C=O) groups excluding carboxylic acids is 1. The van der Waals surface area contributed by atoms with Crippen LogP contribution in [0.4, 0.5) is 10.3 Å². The second-order valence-corrected chi connectivity index (χ2v) is 15.2. The standard InChI is InChI=1S/C26H37FN4O4Si/c1-19(32)33-14-15-34-30-22-10-12-31(13-11-22)25-28-16-21(17-29-25)23-9-7-8-20(24(23)27)18-35-36(5,6)26(2,3)4/h7-9,16-17H,10-15,18H2,1-6H3. The molecule has 0 aliphatic carbocycles. The van der Waals surface area contributed by atoms with Gasteiger partial charge in [-0.05, 0) is 18.1 Å². The molecule has 1 aromatic carbocycles. The first-order valence-corrected chi connectivity index (χ1v) is 15.2. The highest BCUT2D eigenvalue weighted by molar-refractivity contribution is 6.74. The SMILES string of the molecule is CC(=O)OCCON=C1CCN(c2ncc(-c3cccc(CO[Si](C)(C)C(C)(C)C)c3F)cn2)CC1. The van der Waals surface area contributed by atoms with E-state index in [1.807, 2.05) is 6.07 Å². The van der Waals surface area contributed by atoms with Crippen LogP contribution in [0.15, 0.2) is 35.7 Å². The molecule has 196 valence electrons. The Hall–Kier alpha value is -2.85. The van der Waals surface area contributed by atoms with Crippen LogP contribution in [-0.2, 0) is 25.4 Å². The van der Waals surface area contributed by atoms with E-state index >= 15 is 4.39 Å². The molecule has 1 saturated heterocycles. The molecule has 0 unspecified atom stereocenters. The summed E-state index contributed by atoms with van der Waals surface area (Å²) in [5.74, 6) is -0.0248. The molecule has 0 radical (unpaired) electrons. The fraction of sp³-hybridized carbons (Fsp3) is 0.538. The monoisotopic (exact) mass is 516 g/mol. The molecule has 2 heterocycles. The fourth-order valence-corrected chi connectivity index (χ4v) is 4.38. The molecular formula is C26H37FN4O4Si. The number of piperidine rings is 1. The third kappa shape index (κ3) is 7.33. The van der Waals surface area contributed by atoms with Crippen molar-refractivity contribution >= 4 is 25.9 Å². The van der Waals surface area contributed by atoms with Crippen molar-refractivity contribution in [1.82, 2.24) is 9.97 Å². The second kappa shape index (κ2) is 11.9. The third-order valence-corrected chi connectivity index (χ3v) is 11.2. The van der Waals surface area contributed by atoms with Gasteiger partial charge in [-0.2, -0.15) is 0 Å². The minimum absolute atomic E-state index is 0.0596. The van der Waals surface area contributed by atoms with Crippen molar-refractivity contribution in [3.63, 3.8) is 0 Å². The maximum atomic E-state index is 15.3. The van der Waals surface area contributed by atoms with Gasteiger partial charge in [0.2, 0.25) is 5.95 Å². The van der Waals surface area contributed by atoms with Gasteiger partial charge in [-0.1, -0.05) is 44.1 Å². The third-order valence-electron chi connectivity index (χ3n) is 6.72. The van der Waals surface area contributed by atoms with Crippen LogP contribution in [0.3, 0.4) is 0 Å². The average molecular weight is 517 g/mol. The van der Waals surface area contributed by atoms with Crippen LogP contribution >= 0.6 is 0 Å². The highest BCUT2D eigenvalue weighted by atomic mass is 28.4. The summed E-state index contributed by atoms with van der Waals surface area (Å²) in [5.41, 5.74) is 2.59. The quantitative estimate of drug-likeness (QED) is 0.192. The Morgan fingerprint density at radius 3 is 2.42 bits per heavy atom. The van der Waals surface area contributed by atoms with E-state index in [0.717, 1.165) is 18.6 Å². The van der Waals surface area contributed by atoms with E-state index in [-0.39, 0.29) is 36.6 Å². The minimum Gasteiger partial charge on any atom is -0.462 e. The van der Waals surface area contributed by atoms with Crippen molar-refractivity contribution in [2.45, 2.75) is 65.3 Å². The molecule has 0 spiro atoms. The predicted octanol–water partition coefficient (Wildman–Crippen LogP) is 5.34. The number of aromatic nitrogens is 2. The Morgan fingerprint density at radius 1 is 1.14 bits per heavy atom. The van der Waals surface area contributed by atoms with Gasteiger partial charge in [0.25, 0.3) is 0 Å². The predicted molar refractivity (Wildman–Crippen MR) is 141 cm³/mol. The fourth-order valence-electron chi connectivity index (χ4n) is 3.43. The summed E-state index contributed by atoms with van der Waals surface area (Å²) in [7, 11) is -1.99. The highest BCUT2D eigenvalue weighted by Gasteiger charge is 2.37. The van der Waals surface area contributed by atoms with Crippen molar-refractivity contribution in [2.75, 3.05) is 31.2 Å². The second-order valence-electron chi connectivity index (χ2n) is 10.4. The number of halogens is 1. The van der Waals surface area contributed by atoms with Gasteiger partial charge >= 0.3 is 5.97 Å². The molecule has 0 bridgehead atoms. The molecule has 36 heavy (non-hydrogen) atoms. The van der Waals surface area contributed by atoms with Gasteiger partial charge in [0, 0.05) is 61.9 Å². The number of hydrogen-bond donors (Lipinski definition) is 0. The van der Waals surface area contributed by atoms with Gasteiger partial charge in [0.15, 0.2) is 14.9 Å². The summed E-state index contributed by atoms with van der Waals surface area (Å²) in [4.78, 5) is 27.0. The Morgan fingerprint density at radius 2 is 1.81 bits per heavy atom. The van der Waals surface area contributed by atoms with Crippen LogP contribution in [0.2, 0.25) is 18.1 Å². The Bertz CT molecular complexity index is 1060. The summed E-state index contributed by atoms with van der Waals surface area (Å²) < 4.78 is 26.4. The molecule has 0 N–H and O–H groups in total. The van der Waals surface area contributed by atoms with Crippen molar-refractivity contribution < 1.29 is 23.2 Å². The number of carbonyl (C=O) groups is 1. The van der Waals surface area contributed by atoms with Gasteiger partial charge in [-0.25, -0.2) is 14.4 Å². The molecule has 2 aromatic rings. The summed E-state index contributed by atoms with van der Waals surface area (Å²) in [6.07, 6.45) is 4.79. The zero-order valence-corrected chi connectivity index (χ0v) is 23.1. The topological polar surface area (TPSA) is 86.1 Å². The zero-order chi connectivity index (χ0) is 26.3. The van der Waals surface area contributed by atoms with Gasteiger partial charge < -0.3 is 18.9 Å². The maximum absolute atomic E-state index is 15.3. The molecule has 8 nitrogen and oxygen atoms in total.